The normalized spacial score (nSPS) is 27.6. The summed E-state index contributed by atoms with van der Waals surface area (Å²) in [5.41, 5.74) is 9.26. The van der Waals surface area contributed by atoms with Gasteiger partial charge in [0.2, 0.25) is 0 Å². The Labute approximate surface area is 327 Å². The minimum atomic E-state index is 0.230. The number of fused-ring (bicyclic) bond motifs is 6. The monoisotopic (exact) mass is 719 g/mol. The Kier molecular flexibility index (Phi) is 9.92. The van der Waals surface area contributed by atoms with Crippen LogP contribution in [0.15, 0.2) is 187 Å². The van der Waals surface area contributed by atoms with Crippen LogP contribution in [-0.4, -0.2) is 11.1 Å². The molecule has 5 aliphatic rings. The van der Waals surface area contributed by atoms with Crippen molar-refractivity contribution in [3.05, 3.63) is 187 Å². The van der Waals surface area contributed by atoms with E-state index in [-0.39, 0.29) is 6.04 Å². The first-order chi connectivity index (χ1) is 27.1. The summed E-state index contributed by atoms with van der Waals surface area (Å²) in [6, 6.07) is 29.5. The lowest BCUT2D eigenvalue weighted by atomic mass is 9.58. The molecule has 0 aromatic heterocycles. The summed E-state index contributed by atoms with van der Waals surface area (Å²) in [4.78, 5) is 2.60. The molecule has 0 saturated heterocycles. The van der Waals surface area contributed by atoms with E-state index in [1.807, 2.05) is 6.08 Å². The van der Waals surface area contributed by atoms with Gasteiger partial charge in [-0.05, 0) is 154 Å². The number of rotatable bonds is 9. The Balaban J connectivity index is 1.01. The number of hydrogen-bond acceptors (Lipinski definition) is 2. The van der Waals surface area contributed by atoms with Crippen molar-refractivity contribution >= 4 is 27.2 Å². The summed E-state index contributed by atoms with van der Waals surface area (Å²) < 4.78 is 0. The van der Waals surface area contributed by atoms with Crippen molar-refractivity contribution in [3.63, 3.8) is 0 Å². The van der Waals surface area contributed by atoms with Crippen LogP contribution < -0.4 is 4.90 Å². The quantitative estimate of drug-likeness (QED) is 0.0806. The molecule has 9 rings (SSSR count). The molecule has 4 aromatic rings. The molecule has 4 aliphatic carbocycles. The first kappa shape index (κ1) is 35.4. The van der Waals surface area contributed by atoms with E-state index in [2.05, 4.69) is 158 Å². The van der Waals surface area contributed by atoms with Crippen LogP contribution in [-0.2, 0) is 0 Å². The highest BCUT2D eigenvalue weighted by Gasteiger charge is 2.42. The van der Waals surface area contributed by atoms with E-state index in [0.29, 0.717) is 29.6 Å². The lowest BCUT2D eigenvalue weighted by molar-refractivity contribution is 0.0637. The number of nitrogens with zero attached hydrogens (tertiary/aromatic N) is 1. The van der Waals surface area contributed by atoms with Crippen LogP contribution >= 0.6 is 0 Å². The number of aliphatic hydroxyl groups is 1. The Morgan fingerprint density at radius 2 is 1.67 bits per heavy atom. The smallest absolute Gasteiger partial charge is 0.0791 e. The summed E-state index contributed by atoms with van der Waals surface area (Å²) in [6.07, 6.45) is 36.9. The van der Waals surface area contributed by atoms with Gasteiger partial charge in [-0.1, -0.05) is 135 Å². The van der Waals surface area contributed by atoms with Crippen molar-refractivity contribution in [3.8, 4) is 11.1 Å². The third-order valence-corrected chi connectivity index (χ3v) is 13.6. The zero-order valence-corrected chi connectivity index (χ0v) is 32.1. The second-order valence-electron chi connectivity index (χ2n) is 16.4. The van der Waals surface area contributed by atoms with Gasteiger partial charge in [0.1, 0.15) is 0 Å². The molecule has 1 aliphatic heterocycles. The lowest BCUT2D eigenvalue weighted by Crippen LogP contribution is -2.39. The van der Waals surface area contributed by atoms with Gasteiger partial charge in [0.15, 0.2) is 0 Å². The van der Waals surface area contributed by atoms with E-state index < -0.39 is 0 Å². The first-order valence-electron chi connectivity index (χ1n) is 20.7. The third kappa shape index (κ3) is 6.60. The Morgan fingerprint density at radius 1 is 0.855 bits per heavy atom. The topological polar surface area (TPSA) is 23.5 Å². The zero-order chi connectivity index (χ0) is 37.3. The summed E-state index contributed by atoms with van der Waals surface area (Å²) in [5, 5.41) is 14.3. The van der Waals surface area contributed by atoms with Crippen LogP contribution in [0.25, 0.3) is 32.7 Å². The van der Waals surface area contributed by atoms with Crippen LogP contribution in [0.4, 0.5) is 5.69 Å². The third-order valence-electron chi connectivity index (χ3n) is 13.6. The number of anilines is 1. The SMILES string of the molecule is C=C/C(=C\CC1CC(C/C=C\C=C/O)C(C)C2CCC=CC12)C1=CC2C(C=C1)C1=C(C=CCC1)N2c1ccc(-c2cc3ccccc3c3ccccc23)cc1. The average Bonchev–Trinajstić information content (AvgIpc) is 3.57. The van der Waals surface area contributed by atoms with E-state index >= 15 is 0 Å². The van der Waals surface area contributed by atoms with Gasteiger partial charge in [0.05, 0.1) is 12.3 Å². The average molecular weight is 720 g/mol. The van der Waals surface area contributed by atoms with Crippen LogP contribution in [0.3, 0.4) is 0 Å². The van der Waals surface area contributed by atoms with Crippen LogP contribution in [0.1, 0.15) is 51.9 Å². The second-order valence-corrected chi connectivity index (χ2v) is 16.4. The van der Waals surface area contributed by atoms with Crippen molar-refractivity contribution in [2.75, 3.05) is 4.90 Å². The molecule has 1 heterocycles. The van der Waals surface area contributed by atoms with Gasteiger partial charge < -0.3 is 10.0 Å². The molecular weight excluding hydrogens is 667 g/mol. The summed E-state index contributed by atoms with van der Waals surface area (Å²) in [6.45, 7) is 6.84. The number of benzene rings is 4. The molecule has 0 amide bonds. The molecule has 55 heavy (non-hydrogen) atoms. The van der Waals surface area contributed by atoms with Crippen LogP contribution in [0, 0.1) is 35.5 Å². The highest BCUT2D eigenvalue weighted by Crippen LogP contribution is 2.50. The molecule has 0 radical (unpaired) electrons. The van der Waals surface area contributed by atoms with Gasteiger partial charge in [-0.15, -0.1) is 0 Å². The molecule has 0 spiro atoms. The fourth-order valence-corrected chi connectivity index (χ4v) is 10.9. The molecule has 7 unspecified atom stereocenters. The summed E-state index contributed by atoms with van der Waals surface area (Å²) in [7, 11) is 0. The predicted octanol–water partition coefficient (Wildman–Crippen LogP) is 13.9. The van der Waals surface area contributed by atoms with E-state index in [4.69, 9.17) is 5.11 Å². The molecule has 1 saturated carbocycles. The first-order valence-corrected chi connectivity index (χ1v) is 20.7. The van der Waals surface area contributed by atoms with Gasteiger partial charge in [-0.3, -0.25) is 0 Å². The van der Waals surface area contributed by atoms with Gasteiger partial charge in [-0.2, -0.15) is 0 Å². The van der Waals surface area contributed by atoms with E-state index in [1.54, 1.807) is 11.6 Å². The number of hydrogen-bond donors (Lipinski definition) is 1. The van der Waals surface area contributed by atoms with Crippen LogP contribution in [0.5, 0.6) is 0 Å². The predicted molar refractivity (Wildman–Crippen MR) is 234 cm³/mol. The maximum Gasteiger partial charge on any atom is 0.0791 e. The van der Waals surface area contributed by atoms with Gasteiger partial charge in [0.25, 0.3) is 0 Å². The van der Waals surface area contributed by atoms with Gasteiger partial charge in [-0.25, -0.2) is 0 Å². The molecule has 4 aromatic carbocycles. The molecule has 1 fully saturated rings. The van der Waals surface area contributed by atoms with E-state index in [0.717, 1.165) is 37.9 Å². The van der Waals surface area contributed by atoms with Crippen molar-refractivity contribution in [1.82, 2.24) is 0 Å². The largest absolute Gasteiger partial charge is 0.516 e. The molecular formula is C53H53NO. The second kappa shape index (κ2) is 15.4. The van der Waals surface area contributed by atoms with Crippen LogP contribution in [0.2, 0.25) is 0 Å². The highest BCUT2D eigenvalue weighted by molar-refractivity contribution is 6.13. The van der Waals surface area contributed by atoms with E-state index in [9.17, 15) is 0 Å². The zero-order valence-electron chi connectivity index (χ0n) is 32.1. The van der Waals surface area contributed by atoms with Crippen molar-refractivity contribution in [1.29, 1.82) is 0 Å². The number of allylic oxidation sites excluding steroid dienone is 12. The minimum Gasteiger partial charge on any atom is -0.516 e. The standard InChI is InChI=1S/C53H53NO/c1-3-37(24-25-42-33-39(15-5-4-14-32-55)36(2)44-17-8-9-18-45(42)44)40-28-31-50-49-22-12-13-23-52(49)54(53(50)35-40)43-29-26-38(27-30-43)51-34-41-16-6-7-19-46(41)47-20-10-11-21-48(47)51/h3-7,9-11,13-14,16,18-21,23-24,26-32,34-36,39,42,44-45,50,53,55H,1,8,12,15,17,22,25,33H2,2H3/b5-4-,32-14-,37-24+. The summed E-state index contributed by atoms with van der Waals surface area (Å²) >= 11 is 0. The maximum atomic E-state index is 9.12. The fraction of sp³-hybridized carbons (Fsp3) is 0.283. The molecule has 2 nitrogen and oxygen atoms in total. The molecule has 0 bridgehead atoms. The maximum absolute atomic E-state index is 9.12. The molecule has 1 N–H and O–H groups in total. The van der Waals surface area contributed by atoms with Gasteiger partial charge >= 0.3 is 0 Å². The Morgan fingerprint density at radius 3 is 2.51 bits per heavy atom. The molecule has 2 heteroatoms. The Hall–Kier alpha value is -5.34. The molecule has 276 valence electrons. The van der Waals surface area contributed by atoms with Crippen molar-refractivity contribution in [2.24, 2.45) is 35.5 Å². The highest BCUT2D eigenvalue weighted by atomic mass is 16.2. The van der Waals surface area contributed by atoms with Gasteiger partial charge in [0, 0.05) is 17.3 Å². The molecule has 7 atom stereocenters. The minimum absolute atomic E-state index is 0.230. The number of aliphatic hydroxyl groups excluding tert-OH is 1. The van der Waals surface area contributed by atoms with E-state index in [1.165, 1.54) is 74.5 Å². The lowest BCUT2D eigenvalue weighted by Gasteiger charge is -2.47. The van der Waals surface area contributed by atoms with Crippen molar-refractivity contribution in [2.45, 2.75) is 57.9 Å². The summed E-state index contributed by atoms with van der Waals surface area (Å²) in [5.74, 6) is 3.77. The Bertz CT molecular complexity index is 2340. The van der Waals surface area contributed by atoms with Crippen molar-refractivity contribution < 1.29 is 5.11 Å². The fourth-order valence-electron chi connectivity index (χ4n) is 10.9.